The highest BCUT2D eigenvalue weighted by Crippen LogP contribution is 2.58. The molecule has 11 heteroatoms. The third-order valence-electron chi connectivity index (χ3n) is 8.88. The van der Waals surface area contributed by atoms with Crippen LogP contribution >= 0.6 is 23.2 Å². The number of fused-ring (bicyclic) bond motifs is 2. The van der Waals surface area contributed by atoms with Crippen molar-refractivity contribution in [1.29, 1.82) is 0 Å². The number of benzene rings is 3. The molecule has 0 saturated carbocycles. The molecule has 0 aromatic heterocycles. The van der Waals surface area contributed by atoms with E-state index in [1.807, 2.05) is 51.3 Å². The lowest BCUT2D eigenvalue weighted by Gasteiger charge is -2.48. The van der Waals surface area contributed by atoms with E-state index in [1.165, 1.54) is 6.07 Å². The molecule has 2 aliphatic heterocycles. The molecular weight excluding hydrogens is 636 g/mol. The third-order valence-corrected chi connectivity index (χ3v) is 9.91. The van der Waals surface area contributed by atoms with Gasteiger partial charge >= 0.3 is 0 Å². The van der Waals surface area contributed by atoms with Crippen LogP contribution in [0.3, 0.4) is 0 Å². The van der Waals surface area contributed by atoms with E-state index in [0.717, 1.165) is 34.2 Å². The molecule has 5 rings (SSSR count). The number of hydrogen-bond acceptors (Lipinski definition) is 6. The van der Waals surface area contributed by atoms with Gasteiger partial charge in [0, 0.05) is 33.8 Å². The Bertz CT molecular complexity index is 1740. The van der Waals surface area contributed by atoms with Gasteiger partial charge in [0.2, 0.25) is 10.0 Å². The molecule has 0 radical (unpaired) electrons. The van der Waals surface area contributed by atoms with Crippen LogP contribution in [0.1, 0.15) is 80.2 Å². The maximum absolute atomic E-state index is 14.8. The number of aryl methyl sites for hydroxylation is 1. The molecule has 45 heavy (non-hydrogen) atoms. The van der Waals surface area contributed by atoms with Gasteiger partial charge < -0.3 is 10.1 Å². The van der Waals surface area contributed by atoms with Crippen LogP contribution in [-0.2, 0) is 20.2 Å². The predicted octanol–water partition coefficient (Wildman–Crippen LogP) is 7.71. The molecule has 1 saturated heterocycles. The molecule has 3 aromatic carbocycles. The van der Waals surface area contributed by atoms with E-state index in [-0.39, 0.29) is 17.8 Å². The lowest BCUT2D eigenvalue weighted by Crippen LogP contribution is -2.53. The van der Waals surface area contributed by atoms with Gasteiger partial charge in [-0.1, -0.05) is 62.0 Å². The second kappa shape index (κ2) is 13.0. The SMILES string of the molecule is CCCC(CCC)(Oc1ccc(Cl)cc1[C@@H]1CCN[C@@H](c2cc(F)ccc2C)[C@]12C=Nc1cc(Cl)ccc12)C(=O)NS(C)(=O)=O. The highest BCUT2D eigenvalue weighted by Gasteiger charge is 2.54. The van der Waals surface area contributed by atoms with Crippen LogP contribution in [0.2, 0.25) is 10.0 Å². The summed E-state index contributed by atoms with van der Waals surface area (Å²) in [4.78, 5) is 18.5. The van der Waals surface area contributed by atoms with Crippen molar-refractivity contribution in [2.75, 3.05) is 12.8 Å². The van der Waals surface area contributed by atoms with Gasteiger partial charge in [-0.15, -0.1) is 0 Å². The number of aliphatic imine (C=N–C) groups is 1. The molecule has 2 aliphatic rings. The molecule has 2 N–H and O–H groups in total. The summed E-state index contributed by atoms with van der Waals surface area (Å²) in [5.74, 6) is -0.897. The molecule has 3 atom stereocenters. The molecule has 2 heterocycles. The van der Waals surface area contributed by atoms with Crippen molar-refractivity contribution in [2.24, 2.45) is 4.99 Å². The Kier molecular flexibility index (Phi) is 9.66. The summed E-state index contributed by atoms with van der Waals surface area (Å²) in [7, 11) is -3.84. The maximum atomic E-state index is 14.8. The number of nitrogens with zero attached hydrogens (tertiary/aromatic N) is 1. The minimum atomic E-state index is -3.84. The number of nitrogens with one attached hydrogen (secondary N) is 2. The highest BCUT2D eigenvalue weighted by atomic mass is 35.5. The number of ether oxygens (including phenoxy) is 1. The molecule has 1 amide bonds. The van der Waals surface area contributed by atoms with Crippen molar-refractivity contribution in [3.8, 4) is 5.75 Å². The Morgan fingerprint density at radius 1 is 1.07 bits per heavy atom. The fourth-order valence-corrected chi connectivity index (χ4v) is 7.95. The minimum Gasteiger partial charge on any atom is -0.477 e. The van der Waals surface area contributed by atoms with Crippen molar-refractivity contribution < 1.29 is 22.3 Å². The first kappa shape index (κ1) is 33.4. The van der Waals surface area contributed by atoms with Gasteiger partial charge in [0.05, 0.1) is 17.4 Å². The quantitative estimate of drug-likeness (QED) is 0.230. The first-order chi connectivity index (χ1) is 21.3. The number of halogens is 3. The number of carbonyl (C=O) groups is 1. The van der Waals surface area contributed by atoms with Crippen molar-refractivity contribution in [3.63, 3.8) is 0 Å². The summed E-state index contributed by atoms with van der Waals surface area (Å²) in [5, 5.41) is 4.69. The standard InChI is InChI=1S/C34H38Cl2FN3O4S/c1-5-14-33(15-6-2,32(41)40-45(4,42)43)44-30-12-9-22(35)17-26(30)27-13-16-38-31(25-19-24(37)10-7-21(25)3)34(27)20-39-29-18-23(36)8-11-28(29)34/h7-12,17-20,27,31,38H,5-6,13-16H2,1-4H3,(H,40,41)/t27-,31-,34+/m0/s1. The zero-order valence-electron chi connectivity index (χ0n) is 25.8. The van der Waals surface area contributed by atoms with Crippen LogP contribution in [0.5, 0.6) is 5.75 Å². The normalized spacial score (nSPS) is 21.1. The molecule has 240 valence electrons. The van der Waals surface area contributed by atoms with Crippen molar-refractivity contribution in [2.45, 2.75) is 75.9 Å². The van der Waals surface area contributed by atoms with Crippen LogP contribution in [0.25, 0.3) is 0 Å². The zero-order chi connectivity index (χ0) is 32.6. The summed E-state index contributed by atoms with van der Waals surface area (Å²) in [5.41, 5.74) is 1.87. The zero-order valence-corrected chi connectivity index (χ0v) is 28.1. The fourth-order valence-electron chi connectivity index (χ4n) is 7.08. The molecule has 3 aromatic rings. The number of piperidine rings is 1. The Morgan fingerprint density at radius 2 is 1.76 bits per heavy atom. The monoisotopic (exact) mass is 673 g/mol. The van der Waals surface area contributed by atoms with E-state index in [1.54, 1.807) is 24.3 Å². The van der Waals surface area contributed by atoms with Crippen molar-refractivity contribution in [3.05, 3.63) is 92.7 Å². The third kappa shape index (κ3) is 6.50. The number of sulfonamides is 1. The van der Waals surface area contributed by atoms with E-state index in [0.29, 0.717) is 54.4 Å². The van der Waals surface area contributed by atoms with Gasteiger partial charge in [-0.25, -0.2) is 17.5 Å². The van der Waals surface area contributed by atoms with E-state index in [9.17, 15) is 17.6 Å². The lowest BCUT2D eigenvalue weighted by molar-refractivity contribution is -0.136. The smallest absolute Gasteiger partial charge is 0.277 e. The number of carbonyl (C=O) groups excluding carboxylic acids is 1. The Morgan fingerprint density at radius 3 is 2.44 bits per heavy atom. The summed E-state index contributed by atoms with van der Waals surface area (Å²) in [6.07, 6.45) is 5.28. The van der Waals surface area contributed by atoms with Crippen molar-refractivity contribution >= 4 is 51.0 Å². The number of rotatable bonds is 10. The van der Waals surface area contributed by atoms with Gasteiger partial charge in [0.1, 0.15) is 11.6 Å². The summed E-state index contributed by atoms with van der Waals surface area (Å²) < 4.78 is 48.1. The Labute approximate surface area is 274 Å². The second-order valence-electron chi connectivity index (χ2n) is 12.1. The van der Waals surface area contributed by atoms with Gasteiger partial charge in [0.15, 0.2) is 5.60 Å². The first-order valence-corrected chi connectivity index (χ1v) is 17.8. The molecule has 1 fully saturated rings. The highest BCUT2D eigenvalue weighted by molar-refractivity contribution is 7.89. The van der Waals surface area contributed by atoms with Gasteiger partial charge in [-0.3, -0.25) is 9.79 Å². The Balaban J connectivity index is 1.72. The predicted molar refractivity (Wildman–Crippen MR) is 178 cm³/mol. The van der Waals surface area contributed by atoms with Gasteiger partial charge in [-0.2, -0.15) is 0 Å². The average molecular weight is 675 g/mol. The van der Waals surface area contributed by atoms with Crippen LogP contribution in [0.15, 0.2) is 59.6 Å². The van der Waals surface area contributed by atoms with Gasteiger partial charge in [0.25, 0.3) is 5.91 Å². The summed E-state index contributed by atoms with van der Waals surface area (Å²) in [6, 6.07) is 15.3. The van der Waals surface area contributed by atoms with E-state index in [2.05, 4.69) is 10.0 Å². The van der Waals surface area contributed by atoms with E-state index in [4.69, 9.17) is 32.9 Å². The van der Waals surface area contributed by atoms with Crippen molar-refractivity contribution in [1.82, 2.24) is 10.0 Å². The number of amides is 1. The maximum Gasteiger partial charge on any atom is 0.277 e. The summed E-state index contributed by atoms with van der Waals surface area (Å²) in [6.45, 7) is 6.41. The fraction of sp³-hybridized carbons (Fsp3) is 0.412. The molecule has 0 unspecified atom stereocenters. The van der Waals surface area contributed by atoms with Gasteiger partial charge in [-0.05, 0) is 91.9 Å². The topological polar surface area (TPSA) is 96.9 Å². The summed E-state index contributed by atoms with van der Waals surface area (Å²) >= 11 is 13.1. The van der Waals surface area contributed by atoms with E-state index >= 15 is 0 Å². The molecular formula is C34H38Cl2FN3O4S. The molecule has 1 spiro atoms. The lowest BCUT2D eigenvalue weighted by atomic mass is 9.59. The molecule has 0 bridgehead atoms. The number of hydrogen-bond donors (Lipinski definition) is 2. The van der Waals surface area contributed by atoms with Crippen LogP contribution < -0.4 is 14.8 Å². The molecule has 7 nitrogen and oxygen atoms in total. The molecule has 0 aliphatic carbocycles. The van der Waals surface area contributed by atoms with Crippen LogP contribution in [-0.4, -0.2) is 38.9 Å². The second-order valence-corrected chi connectivity index (χ2v) is 14.7. The minimum absolute atomic E-state index is 0.287. The van der Waals surface area contributed by atoms with E-state index < -0.39 is 26.9 Å². The average Bonchev–Trinajstić information content (AvgIpc) is 3.33. The largest absolute Gasteiger partial charge is 0.477 e. The Hall–Kier alpha value is -2.98. The first-order valence-electron chi connectivity index (χ1n) is 15.2. The van der Waals surface area contributed by atoms with Crippen LogP contribution in [0, 0.1) is 12.7 Å². The van der Waals surface area contributed by atoms with Crippen LogP contribution in [0.4, 0.5) is 10.1 Å².